The van der Waals surface area contributed by atoms with Crippen LogP contribution in [0, 0.1) is 0 Å². The van der Waals surface area contributed by atoms with Crippen molar-refractivity contribution in [2.45, 2.75) is 198 Å². The van der Waals surface area contributed by atoms with E-state index in [2.05, 4.69) is 6.92 Å². The van der Waals surface area contributed by atoms with Gasteiger partial charge in [-0.2, -0.15) is 0 Å². The maximum atomic E-state index is 14.6. The van der Waals surface area contributed by atoms with E-state index in [0.29, 0.717) is 32.1 Å². The number of alkyl halides is 4. The molecular weight excluding hydrogens is 563 g/mol. The predicted molar refractivity (Wildman–Crippen MR) is 160 cm³/mol. The maximum absolute atomic E-state index is 14.6. The number of rotatable bonds is 31. The molecule has 4 unspecified atom stereocenters. The Morgan fingerprint density at radius 3 is 1.17 bits per heavy atom. The van der Waals surface area contributed by atoms with E-state index in [0.717, 1.165) is 38.5 Å². The minimum Gasteiger partial charge on any atom is -0.748 e. The molecule has 0 saturated carbocycles. The van der Waals surface area contributed by atoms with Gasteiger partial charge in [0.2, 0.25) is 0 Å². The average molecular weight is 625 g/mol. The molecule has 0 aromatic rings. The number of unbranched alkanes of at least 4 members (excludes halogenated alkanes) is 22. The van der Waals surface area contributed by atoms with E-state index in [-0.39, 0.29) is 49.1 Å². The van der Waals surface area contributed by atoms with Crippen molar-refractivity contribution in [3.05, 3.63) is 0 Å². The second-order valence-electron chi connectivity index (χ2n) is 11.8. The quantitative estimate of drug-likeness (QED) is 0.0339. The van der Waals surface area contributed by atoms with Crippen LogP contribution in [0.25, 0.3) is 0 Å². The molecule has 0 fully saturated rings. The van der Waals surface area contributed by atoms with Crippen LogP contribution in [0.5, 0.6) is 0 Å². The fourth-order valence-electron chi connectivity index (χ4n) is 5.41. The summed E-state index contributed by atoms with van der Waals surface area (Å²) in [7, 11) is -5.07. The smallest absolute Gasteiger partial charge is 0.748 e. The first-order chi connectivity index (χ1) is 19.3. The van der Waals surface area contributed by atoms with Crippen molar-refractivity contribution in [3.63, 3.8) is 0 Å². The summed E-state index contributed by atoms with van der Waals surface area (Å²) >= 11 is 0. The summed E-state index contributed by atoms with van der Waals surface area (Å²) < 4.78 is 90.0. The fraction of sp³-hybridized carbons (Fsp3) is 1.00. The van der Waals surface area contributed by atoms with E-state index < -0.39 is 33.9 Å². The first-order valence-corrected chi connectivity index (χ1v) is 18.2. The summed E-state index contributed by atoms with van der Waals surface area (Å²) in [6, 6.07) is 0. The molecule has 0 amide bonds. The Labute approximate surface area is 273 Å². The molecular formula is C32H61F4NaO3S. The van der Waals surface area contributed by atoms with Crippen molar-refractivity contribution in [1.29, 1.82) is 0 Å². The summed E-state index contributed by atoms with van der Waals surface area (Å²) in [5.41, 5.74) is 0. The minimum absolute atomic E-state index is 0. The van der Waals surface area contributed by atoms with Gasteiger partial charge in [0.1, 0.15) is 22.5 Å². The van der Waals surface area contributed by atoms with Crippen LogP contribution in [0.4, 0.5) is 17.6 Å². The topological polar surface area (TPSA) is 57.2 Å². The van der Waals surface area contributed by atoms with Crippen molar-refractivity contribution in [3.8, 4) is 0 Å². The third kappa shape index (κ3) is 26.7. The molecule has 0 N–H and O–H groups in total. The molecule has 0 aliphatic rings. The van der Waals surface area contributed by atoms with Crippen LogP contribution in [0.3, 0.4) is 0 Å². The van der Waals surface area contributed by atoms with Gasteiger partial charge < -0.3 is 4.55 Å². The maximum Gasteiger partial charge on any atom is 1.00 e. The molecule has 0 aromatic carbocycles. The molecule has 0 rings (SSSR count). The molecule has 0 bridgehead atoms. The van der Waals surface area contributed by atoms with E-state index in [1.54, 1.807) is 0 Å². The van der Waals surface area contributed by atoms with Gasteiger partial charge in [-0.1, -0.05) is 155 Å². The zero-order valence-electron chi connectivity index (χ0n) is 26.5. The van der Waals surface area contributed by atoms with Gasteiger partial charge in [-0.3, -0.25) is 4.39 Å². The molecule has 9 heteroatoms. The molecule has 0 aliphatic heterocycles. The van der Waals surface area contributed by atoms with Gasteiger partial charge in [-0.05, 0) is 19.3 Å². The first-order valence-electron chi connectivity index (χ1n) is 16.7. The van der Waals surface area contributed by atoms with Gasteiger partial charge in [0, 0.05) is 0 Å². The van der Waals surface area contributed by atoms with Gasteiger partial charge in [-0.25, -0.2) is 21.6 Å². The molecule has 0 saturated heterocycles. The Bertz CT molecular complexity index is 642. The van der Waals surface area contributed by atoms with E-state index in [4.69, 9.17) is 0 Å². The molecule has 0 aliphatic carbocycles. The minimum atomic E-state index is -5.07. The first kappa shape index (κ1) is 43.8. The van der Waals surface area contributed by atoms with Crippen LogP contribution in [-0.2, 0) is 10.1 Å². The second kappa shape index (κ2) is 30.6. The van der Waals surface area contributed by atoms with Crippen molar-refractivity contribution < 1.29 is 60.1 Å². The average Bonchev–Trinajstić information content (AvgIpc) is 2.92. The third-order valence-electron chi connectivity index (χ3n) is 8.08. The van der Waals surface area contributed by atoms with Gasteiger partial charge in [-0.15, -0.1) is 0 Å². The van der Waals surface area contributed by atoms with Crippen molar-refractivity contribution >= 4 is 10.1 Å². The number of halogens is 4. The van der Waals surface area contributed by atoms with Gasteiger partial charge in [0.15, 0.2) is 6.17 Å². The number of hydrogen-bond donors (Lipinski definition) is 0. The largest absolute Gasteiger partial charge is 1.00 e. The predicted octanol–water partition coefficient (Wildman–Crippen LogP) is 8.05. The summed E-state index contributed by atoms with van der Waals surface area (Å²) in [4.78, 5) is 0. The summed E-state index contributed by atoms with van der Waals surface area (Å²) in [6.45, 7) is 1.88. The Morgan fingerprint density at radius 1 is 0.512 bits per heavy atom. The standard InChI is InChI=1S/C32H62F4O3S.Na/c1-2-3-4-5-6-7-8-9-10-11-12-13-14-15-16-17-21-24-27-30(40(37,38)39)32(36)31(35)29(34)26-23-20-18-19-22-25-28-33;/h29-32H,2-28H2,1H3,(H,37,38,39);/q;+1/p-1. The van der Waals surface area contributed by atoms with Gasteiger partial charge in [0.25, 0.3) is 0 Å². The molecule has 41 heavy (non-hydrogen) atoms. The van der Waals surface area contributed by atoms with E-state index >= 15 is 0 Å². The monoisotopic (exact) mass is 624 g/mol. The molecule has 0 heterocycles. The molecule has 242 valence electrons. The molecule has 4 atom stereocenters. The van der Waals surface area contributed by atoms with Gasteiger partial charge >= 0.3 is 29.6 Å². The van der Waals surface area contributed by atoms with Gasteiger partial charge in [0.05, 0.1) is 11.9 Å². The van der Waals surface area contributed by atoms with Crippen LogP contribution in [0.2, 0.25) is 0 Å². The molecule has 0 aromatic heterocycles. The Hall–Kier alpha value is 0.630. The van der Waals surface area contributed by atoms with Crippen LogP contribution in [0.1, 0.15) is 174 Å². The Kier molecular flexibility index (Phi) is 32.7. The van der Waals surface area contributed by atoms with Crippen molar-refractivity contribution in [2.75, 3.05) is 6.67 Å². The normalized spacial score (nSPS) is 14.9. The zero-order chi connectivity index (χ0) is 29.9. The van der Waals surface area contributed by atoms with Crippen LogP contribution in [0.15, 0.2) is 0 Å². The Morgan fingerprint density at radius 2 is 0.829 bits per heavy atom. The second-order valence-corrected chi connectivity index (χ2v) is 13.4. The van der Waals surface area contributed by atoms with E-state index in [1.807, 2.05) is 0 Å². The molecule has 0 radical (unpaired) electrons. The summed E-state index contributed by atoms with van der Waals surface area (Å²) in [5, 5.41) is -2.04. The molecule has 0 spiro atoms. The van der Waals surface area contributed by atoms with Crippen LogP contribution in [-0.4, -0.2) is 43.4 Å². The van der Waals surface area contributed by atoms with Crippen molar-refractivity contribution in [1.82, 2.24) is 0 Å². The summed E-state index contributed by atoms with van der Waals surface area (Å²) in [6.07, 6.45) is 16.9. The SMILES string of the molecule is CCCCCCCCCCCCCCCCCCCCC(C(F)C(F)C(F)CCCCCCCCF)S(=O)(=O)[O-].[Na+]. The Balaban J connectivity index is 0. The zero-order valence-corrected chi connectivity index (χ0v) is 29.4. The fourth-order valence-corrected chi connectivity index (χ4v) is 6.34. The third-order valence-corrected chi connectivity index (χ3v) is 9.32. The summed E-state index contributed by atoms with van der Waals surface area (Å²) in [5.74, 6) is 0. The van der Waals surface area contributed by atoms with E-state index in [9.17, 15) is 30.5 Å². The van der Waals surface area contributed by atoms with Crippen LogP contribution >= 0.6 is 0 Å². The van der Waals surface area contributed by atoms with Crippen molar-refractivity contribution in [2.24, 2.45) is 0 Å². The molecule has 3 nitrogen and oxygen atoms in total. The van der Waals surface area contributed by atoms with Crippen LogP contribution < -0.4 is 29.6 Å². The number of hydrogen-bond acceptors (Lipinski definition) is 3. The van der Waals surface area contributed by atoms with E-state index in [1.165, 1.54) is 83.5 Å².